The molecule has 0 bridgehead atoms. The van der Waals surface area contributed by atoms with Crippen LogP contribution < -0.4 is 19.5 Å². The molecule has 0 saturated carbocycles. The molecule has 0 saturated heterocycles. The molecular formula is C21H20ClN3O4. The van der Waals surface area contributed by atoms with Crippen molar-refractivity contribution in [3.63, 3.8) is 0 Å². The van der Waals surface area contributed by atoms with Gasteiger partial charge in [0.2, 0.25) is 6.79 Å². The van der Waals surface area contributed by atoms with E-state index < -0.39 is 0 Å². The second-order valence-electron chi connectivity index (χ2n) is 6.51. The summed E-state index contributed by atoms with van der Waals surface area (Å²) in [5.74, 6) is 1.72. The van der Waals surface area contributed by atoms with E-state index in [-0.39, 0.29) is 12.7 Å². The summed E-state index contributed by atoms with van der Waals surface area (Å²) in [4.78, 5) is 12.6. The predicted octanol–water partition coefficient (Wildman–Crippen LogP) is 3.43. The predicted molar refractivity (Wildman–Crippen MR) is 108 cm³/mol. The lowest BCUT2D eigenvalue weighted by atomic mass is 10.2. The van der Waals surface area contributed by atoms with Crippen LogP contribution in [0, 0.1) is 6.92 Å². The molecular weight excluding hydrogens is 394 g/mol. The number of benzene rings is 2. The molecule has 0 radical (unpaired) electrons. The van der Waals surface area contributed by atoms with Crippen LogP contribution in [0.15, 0.2) is 48.5 Å². The number of ether oxygens (including phenoxy) is 3. The van der Waals surface area contributed by atoms with E-state index in [1.807, 2.05) is 30.3 Å². The number of hydrogen-bond acceptors (Lipinski definition) is 5. The van der Waals surface area contributed by atoms with E-state index in [1.54, 1.807) is 29.8 Å². The minimum Gasteiger partial charge on any atom is -0.492 e. The first-order chi connectivity index (χ1) is 14.1. The molecule has 4 rings (SSSR count). The van der Waals surface area contributed by atoms with E-state index in [9.17, 15) is 4.79 Å². The van der Waals surface area contributed by atoms with Crippen molar-refractivity contribution in [2.75, 3.05) is 19.9 Å². The lowest BCUT2D eigenvalue weighted by Gasteiger charge is -2.08. The number of aryl methyl sites for hydroxylation is 1. The number of carbonyl (C=O) groups is 1. The largest absolute Gasteiger partial charge is 0.492 e. The number of nitrogens with one attached hydrogen (secondary N) is 1. The first kappa shape index (κ1) is 19.1. The number of carbonyl (C=O) groups excluding carboxylic acids is 1. The summed E-state index contributed by atoms with van der Waals surface area (Å²) in [6.07, 6.45) is 0. The summed E-state index contributed by atoms with van der Waals surface area (Å²) in [5.41, 5.74) is 2.02. The Morgan fingerprint density at radius 3 is 2.83 bits per heavy atom. The average molecular weight is 414 g/mol. The summed E-state index contributed by atoms with van der Waals surface area (Å²) in [5, 5.41) is 7.55. The Morgan fingerprint density at radius 1 is 1.21 bits per heavy atom. The summed E-state index contributed by atoms with van der Waals surface area (Å²) >= 11 is 6.42. The normalized spacial score (nSPS) is 12.1. The van der Waals surface area contributed by atoms with Crippen molar-refractivity contribution in [2.45, 2.75) is 13.5 Å². The van der Waals surface area contributed by atoms with Gasteiger partial charge in [0, 0.05) is 6.07 Å². The highest BCUT2D eigenvalue weighted by Crippen LogP contribution is 2.35. The van der Waals surface area contributed by atoms with Gasteiger partial charge in [0.15, 0.2) is 11.5 Å². The maximum absolute atomic E-state index is 12.6. The number of aromatic nitrogens is 2. The van der Waals surface area contributed by atoms with Crippen LogP contribution in [0.2, 0.25) is 5.15 Å². The molecule has 2 aromatic carbocycles. The van der Waals surface area contributed by atoms with Crippen LogP contribution in [0.1, 0.15) is 21.6 Å². The third-order valence-electron chi connectivity index (χ3n) is 4.47. The number of fused-ring (bicyclic) bond motifs is 1. The van der Waals surface area contributed by atoms with Crippen molar-refractivity contribution in [1.29, 1.82) is 0 Å². The number of amides is 1. The fourth-order valence-electron chi connectivity index (χ4n) is 3.06. The molecule has 29 heavy (non-hydrogen) atoms. The van der Waals surface area contributed by atoms with E-state index >= 15 is 0 Å². The third kappa shape index (κ3) is 4.30. The van der Waals surface area contributed by atoms with Gasteiger partial charge >= 0.3 is 0 Å². The fourth-order valence-corrected chi connectivity index (χ4v) is 3.38. The molecule has 0 spiro atoms. The molecule has 0 aliphatic carbocycles. The number of hydrogen-bond donors (Lipinski definition) is 1. The van der Waals surface area contributed by atoms with E-state index in [1.165, 1.54) is 0 Å². The Kier molecular flexibility index (Phi) is 5.57. The van der Waals surface area contributed by atoms with Gasteiger partial charge in [0.25, 0.3) is 5.91 Å². The Hall–Kier alpha value is -3.19. The van der Waals surface area contributed by atoms with Gasteiger partial charge < -0.3 is 19.5 Å². The van der Waals surface area contributed by atoms with E-state index in [4.69, 9.17) is 25.8 Å². The van der Waals surface area contributed by atoms with Crippen molar-refractivity contribution < 1.29 is 19.0 Å². The monoisotopic (exact) mass is 413 g/mol. The third-order valence-corrected chi connectivity index (χ3v) is 4.85. The molecule has 3 aromatic rings. The standard InChI is InChI=1S/C21H20ClN3O4/c1-14-19(20(22)25(24-14)12-15-5-3-2-4-6-15)21(26)23-9-10-27-16-7-8-17-18(11-16)29-13-28-17/h2-8,11H,9-10,12-13H2,1H3,(H,23,26). The van der Waals surface area contributed by atoms with Gasteiger partial charge in [-0.25, -0.2) is 4.68 Å². The number of rotatable bonds is 7. The lowest BCUT2D eigenvalue weighted by molar-refractivity contribution is 0.0946. The zero-order chi connectivity index (χ0) is 20.2. The minimum absolute atomic E-state index is 0.215. The molecule has 2 heterocycles. The number of halogens is 1. The van der Waals surface area contributed by atoms with Crippen LogP contribution in [0.4, 0.5) is 0 Å². The van der Waals surface area contributed by atoms with Crippen LogP contribution in [-0.2, 0) is 6.54 Å². The van der Waals surface area contributed by atoms with Crippen LogP contribution in [-0.4, -0.2) is 35.6 Å². The molecule has 1 amide bonds. The Balaban J connectivity index is 1.32. The van der Waals surface area contributed by atoms with E-state index in [2.05, 4.69) is 10.4 Å². The van der Waals surface area contributed by atoms with Crippen molar-refractivity contribution in [3.05, 3.63) is 70.5 Å². The molecule has 0 fully saturated rings. The molecule has 1 N–H and O–H groups in total. The molecule has 1 aliphatic rings. The highest BCUT2D eigenvalue weighted by Gasteiger charge is 2.20. The fraction of sp³-hybridized carbons (Fsp3) is 0.238. The summed E-state index contributed by atoms with van der Waals surface area (Å²) in [7, 11) is 0. The van der Waals surface area contributed by atoms with Gasteiger partial charge in [-0.2, -0.15) is 5.10 Å². The van der Waals surface area contributed by atoms with Gasteiger partial charge in [-0.05, 0) is 24.6 Å². The first-order valence-corrected chi connectivity index (χ1v) is 9.57. The Morgan fingerprint density at radius 2 is 2.00 bits per heavy atom. The summed E-state index contributed by atoms with van der Waals surface area (Å²) < 4.78 is 17.9. The SMILES string of the molecule is Cc1nn(Cc2ccccc2)c(Cl)c1C(=O)NCCOc1ccc2c(c1)OCO2. The Bertz CT molecular complexity index is 1020. The van der Waals surface area contributed by atoms with Gasteiger partial charge in [0.1, 0.15) is 17.5 Å². The lowest BCUT2D eigenvalue weighted by Crippen LogP contribution is -2.28. The van der Waals surface area contributed by atoms with Crippen LogP contribution >= 0.6 is 11.6 Å². The molecule has 0 atom stereocenters. The molecule has 8 heteroatoms. The average Bonchev–Trinajstić information content (AvgIpc) is 3.29. The van der Waals surface area contributed by atoms with Crippen LogP contribution in [0.5, 0.6) is 17.2 Å². The maximum Gasteiger partial charge on any atom is 0.256 e. The first-order valence-electron chi connectivity index (χ1n) is 9.19. The van der Waals surface area contributed by atoms with Gasteiger partial charge in [-0.1, -0.05) is 41.9 Å². The second-order valence-corrected chi connectivity index (χ2v) is 6.87. The smallest absolute Gasteiger partial charge is 0.256 e. The zero-order valence-electron chi connectivity index (χ0n) is 15.9. The van der Waals surface area contributed by atoms with E-state index in [0.717, 1.165) is 5.56 Å². The highest BCUT2D eigenvalue weighted by atomic mass is 35.5. The quantitative estimate of drug-likeness (QED) is 0.601. The topological polar surface area (TPSA) is 74.6 Å². The van der Waals surface area contributed by atoms with E-state index in [0.29, 0.717) is 53.4 Å². The zero-order valence-corrected chi connectivity index (χ0v) is 16.6. The van der Waals surface area contributed by atoms with Crippen molar-refractivity contribution in [3.8, 4) is 17.2 Å². The highest BCUT2D eigenvalue weighted by molar-refractivity contribution is 6.33. The Labute approximate surface area is 173 Å². The van der Waals surface area contributed by atoms with Crippen molar-refractivity contribution in [2.24, 2.45) is 0 Å². The molecule has 150 valence electrons. The molecule has 7 nitrogen and oxygen atoms in total. The van der Waals surface area contributed by atoms with Crippen LogP contribution in [0.3, 0.4) is 0 Å². The minimum atomic E-state index is -0.277. The van der Waals surface area contributed by atoms with Gasteiger partial charge in [0.05, 0.1) is 24.3 Å². The van der Waals surface area contributed by atoms with Crippen molar-refractivity contribution >= 4 is 17.5 Å². The van der Waals surface area contributed by atoms with Gasteiger partial charge in [-0.15, -0.1) is 0 Å². The molecule has 1 aliphatic heterocycles. The van der Waals surface area contributed by atoms with Crippen molar-refractivity contribution in [1.82, 2.24) is 15.1 Å². The van der Waals surface area contributed by atoms with Crippen LogP contribution in [0.25, 0.3) is 0 Å². The maximum atomic E-state index is 12.6. The van der Waals surface area contributed by atoms with Gasteiger partial charge in [-0.3, -0.25) is 4.79 Å². The molecule has 1 aromatic heterocycles. The molecule has 0 unspecified atom stereocenters. The second kappa shape index (κ2) is 8.45. The summed E-state index contributed by atoms with van der Waals surface area (Å²) in [6.45, 7) is 3.12. The number of nitrogens with zero attached hydrogens (tertiary/aromatic N) is 2. The summed E-state index contributed by atoms with van der Waals surface area (Å²) in [6, 6.07) is 15.2.